The molecule has 1 fully saturated rings. The van der Waals surface area contributed by atoms with Crippen molar-refractivity contribution in [1.29, 1.82) is 0 Å². The molecule has 122 valence electrons. The second-order valence-electron chi connectivity index (χ2n) is 6.08. The van der Waals surface area contributed by atoms with Crippen molar-refractivity contribution >= 4 is 22.5 Å². The zero-order valence-electron chi connectivity index (χ0n) is 13.3. The van der Waals surface area contributed by atoms with E-state index in [1.807, 2.05) is 42.9 Å². The molecule has 3 heterocycles. The molecule has 4 rings (SSSR count). The number of rotatable bonds is 3. The second-order valence-corrected chi connectivity index (χ2v) is 6.49. The predicted molar refractivity (Wildman–Crippen MR) is 97.0 cm³/mol. The Kier molecular flexibility index (Phi) is 4.43. The topological polar surface area (TPSA) is 41.0 Å². The number of halogens is 1. The van der Waals surface area contributed by atoms with Gasteiger partial charge in [0.25, 0.3) is 0 Å². The van der Waals surface area contributed by atoms with Crippen LogP contribution in [-0.2, 0) is 6.54 Å². The number of nitrogens with zero attached hydrogens (tertiary/aromatic N) is 3. The average molecular weight is 339 g/mol. The Morgan fingerprint density at radius 2 is 2.08 bits per heavy atom. The minimum atomic E-state index is 0.321. The van der Waals surface area contributed by atoms with Gasteiger partial charge in [0.05, 0.1) is 5.52 Å². The molecule has 2 aromatic heterocycles. The van der Waals surface area contributed by atoms with Crippen LogP contribution in [0.3, 0.4) is 0 Å². The fourth-order valence-corrected chi connectivity index (χ4v) is 3.60. The third-order valence-electron chi connectivity index (χ3n) is 4.60. The van der Waals surface area contributed by atoms with Gasteiger partial charge in [-0.3, -0.25) is 14.9 Å². The van der Waals surface area contributed by atoms with Gasteiger partial charge in [0.2, 0.25) is 0 Å². The summed E-state index contributed by atoms with van der Waals surface area (Å²) < 4.78 is 0. The van der Waals surface area contributed by atoms with E-state index < -0.39 is 0 Å². The highest BCUT2D eigenvalue weighted by Crippen LogP contribution is 2.28. The van der Waals surface area contributed by atoms with Gasteiger partial charge in [0.1, 0.15) is 0 Å². The zero-order chi connectivity index (χ0) is 16.4. The van der Waals surface area contributed by atoms with Gasteiger partial charge in [0.15, 0.2) is 0 Å². The molecule has 1 aliphatic rings. The molecule has 1 unspecified atom stereocenters. The van der Waals surface area contributed by atoms with Gasteiger partial charge in [-0.15, -0.1) is 0 Å². The first-order valence-electron chi connectivity index (χ1n) is 8.20. The number of piperazine rings is 1. The molecule has 24 heavy (non-hydrogen) atoms. The molecular weight excluding hydrogens is 320 g/mol. The van der Waals surface area contributed by atoms with E-state index in [-0.39, 0.29) is 0 Å². The van der Waals surface area contributed by atoms with Gasteiger partial charge in [0, 0.05) is 61.2 Å². The van der Waals surface area contributed by atoms with E-state index >= 15 is 0 Å². The zero-order valence-corrected chi connectivity index (χ0v) is 14.1. The summed E-state index contributed by atoms with van der Waals surface area (Å²) in [7, 11) is 0. The number of pyridine rings is 2. The van der Waals surface area contributed by atoms with E-state index in [0.717, 1.165) is 42.1 Å². The maximum absolute atomic E-state index is 6.32. The van der Waals surface area contributed by atoms with Crippen molar-refractivity contribution in [2.45, 2.75) is 12.6 Å². The van der Waals surface area contributed by atoms with E-state index in [2.05, 4.69) is 32.3 Å². The smallest absolute Gasteiger partial charge is 0.0761 e. The average Bonchev–Trinajstić information content (AvgIpc) is 2.65. The summed E-state index contributed by atoms with van der Waals surface area (Å²) in [5, 5.41) is 5.26. The molecule has 0 radical (unpaired) electrons. The van der Waals surface area contributed by atoms with Crippen molar-refractivity contribution in [3.63, 3.8) is 0 Å². The Labute approximate surface area is 146 Å². The summed E-state index contributed by atoms with van der Waals surface area (Å²) >= 11 is 6.32. The number of benzene rings is 1. The molecule has 0 spiro atoms. The lowest BCUT2D eigenvalue weighted by molar-refractivity contribution is 0.154. The van der Waals surface area contributed by atoms with Crippen molar-refractivity contribution in [2.24, 2.45) is 0 Å². The van der Waals surface area contributed by atoms with E-state index in [1.165, 1.54) is 11.1 Å². The van der Waals surface area contributed by atoms with Crippen LogP contribution in [0.5, 0.6) is 0 Å². The molecule has 0 aliphatic carbocycles. The Morgan fingerprint density at radius 3 is 2.96 bits per heavy atom. The van der Waals surface area contributed by atoms with Crippen LogP contribution in [0.25, 0.3) is 10.9 Å². The highest BCUT2D eigenvalue weighted by molar-refractivity contribution is 6.35. The molecule has 1 atom stereocenters. The summed E-state index contributed by atoms with van der Waals surface area (Å²) in [5.41, 5.74) is 3.45. The van der Waals surface area contributed by atoms with Crippen molar-refractivity contribution < 1.29 is 0 Å². The molecule has 0 amide bonds. The van der Waals surface area contributed by atoms with Gasteiger partial charge in [-0.05, 0) is 35.4 Å². The monoisotopic (exact) mass is 338 g/mol. The van der Waals surface area contributed by atoms with Crippen LogP contribution < -0.4 is 5.32 Å². The van der Waals surface area contributed by atoms with Crippen LogP contribution in [0.4, 0.5) is 0 Å². The van der Waals surface area contributed by atoms with Gasteiger partial charge in [-0.2, -0.15) is 0 Å². The van der Waals surface area contributed by atoms with Crippen LogP contribution in [0.15, 0.2) is 55.0 Å². The van der Waals surface area contributed by atoms with Crippen LogP contribution >= 0.6 is 11.6 Å². The number of nitrogens with one attached hydrogen (secondary N) is 1. The molecule has 0 saturated carbocycles. The molecule has 1 N–H and O–H groups in total. The quantitative estimate of drug-likeness (QED) is 0.794. The number of hydrogen-bond donors (Lipinski definition) is 1. The van der Waals surface area contributed by atoms with Crippen molar-refractivity contribution in [3.05, 3.63) is 71.1 Å². The largest absolute Gasteiger partial charge is 0.314 e. The second kappa shape index (κ2) is 6.85. The number of fused-ring (bicyclic) bond motifs is 1. The molecule has 1 aromatic carbocycles. The van der Waals surface area contributed by atoms with Gasteiger partial charge in [-0.25, -0.2) is 0 Å². The standard InChI is InChI=1S/C19H19ClN4/c20-17-6-5-15(19-16(17)4-2-8-23-19)13-24-10-9-22-12-18(24)14-3-1-7-21-11-14/h1-8,11,18,22H,9-10,12-13H2. The maximum Gasteiger partial charge on any atom is 0.0761 e. The van der Waals surface area contributed by atoms with E-state index in [0.29, 0.717) is 6.04 Å². The number of aromatic nitrogens is 2. The van der Waals surface area contributed by atoms with E-state index in [4.69, 9.17) is 11.6 Å². The lowest BCUT2D eigenvalue weighted by Crippen LogP contribution is -2.45. The van der Waals surface area contributed by atoms with Crippen molar-refractivity contribution in [1.82, 2.24) is 20.2 Å². The van der Waals surface area contributed by atoms with Crippen molar-refractivity contribution in [3.8, 4) is 0 Å². The minimum Gasteiger partial charge on any atom is -0.314 e. The Morgan fingerprint density at radius 1 is 1.17 bits per heavy atom. The molecule has 3 aromatic rings. The number of hydrogen-bond acceptors (Lipinski definition) is 4. The Bertz CT molecular complexity index is 837. The summed E-state index contributed by atoms with van der Waals surface area (Å²) in [6.45, 7) is 3.78. The molecule has 0 bridgehead atoms. The first-order valence-corrected chi connectivity index (χ1v) is 8.57. The summed E-state index contributed by atoms with van der Waals surface area (Å²) in [4.78, 5) is 11.3. The minimum absolute atomic E-state index is 0.321. The lowest BCUT2D eigenvalue weighted by Gasteiger charge is -2.36. The first kappa shape index (κ1) is 15.5. The summed E-state index contributed by atoms with van der Waals surface area (Å²) in [6.07, 6.45) is 5.61. The molecule has 5 heteroatoms. The fraction of sp³-hybridized carbons (Fsp3) is 0.263. The van der Waals surface area contributed by atoms with Gasteiger partial charge < -0.3 is 5.32 Å². The highest BCUT2D eigenvalue weighted by atomic mass is 35.5. The summed E-state index contributed by atoms with van der Waals surface area (Å²) in [6, 6.07) is 12.5. The van der Waals surface area contributed by atoms with Crippen LogP contribution in [-0.4, -0.2) is 34.5 Å². The Hall–Kier alpha value is -2.01. The third-order valence-corrected chi connectivity index (χ3v) is 4.93. The van der Waals surface area contributed by atoms with Crippen molar-refractivity contribution in [2.75, 3.05) is 19.6 Å². The van der Waals surface area contributed by atoms with Gasteiger partial charge in [-0.1, -0.05) is 23.7 Å². The first-order chi connectivity index (χ1) is 11.8. The highest BCUT2D eigenvalue weighted by Gasteiger charge is 2.24. The fourth-order valence-electron chi connectivity index (χ4n) is 3.38. The van der Waals surface area contributed by atoms with Crippen LogP contribution in [0.2, 0.25) is 5.02 Å². The third kappa shape index (κ3) is 3.00. The van der Waals surface area contributed by atoms with Crippen LogP contribution in [0.1, 0.15) is 17.2 Å². The van der Waals surface area contributed by atoms with Gasteiger partial charge >= 0.3 is 0 Å². The van der Waals surface area contributed by atoms with E-state index in [1.54, 1.807) is 0 Å². The SMILES string of the molecule is Clc1ccc(CN2CCNCC2c2cccnc2)c2ncccc12. The van der Waals surface area contributed by atoms with Crippen LogP contribution in [0, 0.1) is 0 Å². The molecular formula is C19H19ClN4. The molecule has 4 nitrogen and oxygen atoms in total. The summed E-state index contributed by atoms with van der Waals surface area (Å²) in [5.74, 6) is 0. The Balaban J connectivity index is 1.67. The normalized spacial score (nSPS) is 18.8. The maximum atomic E-state index is 6.32. The lowest BCUT2D eigenvalue weighted by atomic mass is 10.0. The predicted octanol–water partition coefficient (Wildman–Crippen LogP) is 3.43. The van der Waals surface area contributed by atoms with E-state index in [9.17, 15) is 0 Å². The molecule has 1 aliphatic heterocycles. The molecule has 1 saturated heterocycles.